The van der Waals surface area contributed by atoms with Gasteiger partial charge in [-0.15, -0.1) is 11.8 Å². The molecule has 0 saturated carbocycles. The van der Waals surface area contributed by atoms with Gasteiger partial charge in [0.2, 0.25) is 0 Å². The number of benzene rings is 1. The van der Waals surface area contributed by atoms with Crippen LogP contribution in [0.4, 0.5) is 4.79 Å². The highest BCUT2D eigenvalue weighted by Gasteiger charge is 2.21. The molecular weight excluding hydrogens is 324 g/mol. The Kier molecular flexibility index (Phi) is 6.20. The SMILES string of the molecule is O=C(NCCCOCc1ccco1)N[C@@H]1CCSc2ccccc21. The quantitative estimate of drug-likeness (QED) is 0.750. The van der Waals surface area contributed by atoms with E-state index in [2.05, 4.69) is 22.8 Å². The minimum Gasteiger partial charge on any atom is -0.467 e. The molecule has 2 N–H and O–H groups in total. The maximum Gasteiger partial charge on any atom is 0.315 e. The van der Waals surface area contributed by atoms with E-state index in [1.807, 2.05) is 36.0 Å². The third-order valence-electron chi connectivity index (χ3n) is 3.84. The third kappa shape index (κ3) is 4.79. The van der Waals surface area contributed by atoms with Crippen molar-refractivity contribution >= 4 is 17.8 Å². The topological polar surface area (TPSA) is 63.5 Å². The van der Waals surface area contributed by atoms with Crippen LogP contribution < -0.4 is 10.6 Å². The average molecular weight is 346 g/mol. The predicted octanol–water partition coefficient (Wildman–Crippen LogP) is 3.72. The fourth-order valence-corrected chi connectivity index (χ4v) is 3.77. The van der Waals surface area contributed by atoms with Gasteiger partial charge in [-0.2, -0.15) is 0 Å². The van der Waals surface area contributed by atoms with Gasteiger partial charge in [0.1, 0.15) is 12.4 Å². The fourth-order valence-electron chi connectivity index (χ4n) is 2.64. The van der Waals surface area contributed by atoms with Gasteiger partial charge in [0.25, 0.3) is 0 Å². The van der Waals surface area contributed by atoms with Crippen molar-refractivity contribution in [3.05, 3.63) is 54.0 Å². The molecule has 2 heterocycles. The molecule has 1 atom stereocenters. The maximum absolute atomic E-state index is 12.1. The summed E-state index contributed by atoms with van der Waals surface area (Å²) in [7, 11) is 0. The lowest BCUT2D eigenvalue weighted by atomic mass is 10.0. The Bertz CT molecular complexity index is 645. The van der Waals surface area contributed by atoms with Crippen LogP contribution in [0.5, 0.6) is 0 Å². The Morgan fingerprint density at radius 3 is 3.08 bits per heavy atom. The van der Waals surface area contributed by atoms with E-state index in [9.17, 15) is 4.79 Å². The molecule has 1 aromatic heterocycles. The van der Waals surface area contributed by atoms with Crippen LogP contribution in [-0.4, -0.2) is 24.9 Å². The number of urea groups is 1. The van der Waals surface area contributed by atoms with Crippen molar-refractivity contribution in [1.82, 2.24) is 10.6 Å². The lowest BCUT2D eigenvalue weighted by Crippen LogP contribution is -2.39. The monoisotopic (exact) mass is 346 g/mol. The second kappa shape index (κ2) is 8.80. The zero-order chi connectivity index (χ0) is 16.6. The molecule has 1 aliphatic heterocycles. The molecule has 24 heavy (non-hydrogen) atoms. The van der Waals surface area contributed by atoms with E-state index in [0.717, 1.165) is 24.4 Å². The van der Waals surface area contributed by atoms with Crippen molar-refractivity contribution in [1.29, 1.82) is 0 Å². The van der Waals surface area contributed by atoms with Crippen molar-refractivity contribution in [3.63, 3.8) is 0 Å². The number of carbonyl (C=O) groups is 1. The molecule has 1 aliphatic rings. The molecule has 5 nitrogen and oxygen atoms in total. The molecule has 0 spiro atoms. The number of carbonyl (C=O) groups excluding carboxylic acids is 1. The summed E-state index contributed by atoms with van der Waals surface area (Å²) < 4.78 is 10.7. The van der Waals surface area contributed by atoms with Crippen LogP contribution in [0.2, 0.25) is 0 Å². The number of hydrogen-bond donors (Lipinski definition) is 2. The first-order chi connectivity index (χ1) is 11.8. The molecule has 0 saturated heterocycles. The third-order valence-corrected chi connectivity index (χ3v) is 4.96. The van der Waals surface area contributed by atoms with Gasteiger partial charge < -0.3 is 19.8 Å². The van der Waals surface area contributed by atoms with Gasteiger partial charge in [-0.3, -0.25) is 0 Å². The highest BCUT2D eigenvalue weighted by atomic mass is 32.2. The number of fused-ring (bicyclic) bond motifs is 1. The standard InChI is InChI=1S/C18H22N2O3S/c21-18(19-9-4-10-22-13-14-5-3-11-23-14)20-16-8-12-24-17-7-2-1-6-15(16)17/h1-3,5-7,11,16H,4,8-10,12-13H2,(H2,19,20,21)/t16-/m1/s1. The van der Waals surface area contributed by atoms with Crippen molar-refractivity contribution < 1.29 is 13.9 Å². The first-order valence-corrected chi connectivity index (χ1v) is 9.18. The lowest BCUT2D eigenvalue weighted by Gasteiger charge is -2.25. The molecule has 0 bridgehead atoms. The molecule has 1 aromatic carbocycles. The Hall–Kier alpha value is -1.92. The molecule has 0 unspecified atom stereocenters. The van der Waals surface area contributed by atoms with Gasteiger partial charge >= 0.3 is 6.03 Å². The Balaban J connectivity index is 1.33. The van der Waals surface area contributed by atoms with Gasteiger partial charge in [0.05, 0.1) is 12.3 Å². The van der Waals surface area contributed by atoms with Gasteiger partial charge in [0.15, 0.2) is 0 Å². The van der Waals surface area contributed by atoms with E-state index in [1.54, 1.807) is 6.26 Å². The van der Waals surface area contributed by atoms with E-state index in [1.165, 1.54) is 10.5 Å². The Morgan fingerprint density at radius 2 is 2.21 bits per heavy atom. The van der Waals surface area contributed by atoms with Gasteiger partial charge in [-0.1, -0.05) is 18.2 Å². The summed E-state index contributed by atoms with van der Waals surface area (Å²) in [6.07, 6.45) is 3.36. The highest BCUT2D eigenvalue weighted by molar-refractivity contribution is 7.99. The summed E-state index contributed by atoms with van der Waals surface area (Å²) in [5.74, 6) is 1.84. The predicted molar refractivity (Wildman–Crippen MR) is 94.0 cm³/mol. The number of amides is 2. The summed E-state index contributed by atoms with van der Waals surface area (Å²) in [4.78, 5) is 13.3. The Morgan fingerprint density at radius 1 is 1.29 bits per heavy atom. The van der Waals surface area contributed by atoms with E-state index in [0.29, 0.717) is 19.8 Å². The normalized spacial score (nSPS) is 16.4. The molecule has 0 fully saturated rings. The molecule has 3 rings (SSSR count). The second-order valence-corrected chi connectivity index (χ2v) is 6.75. The Labute approximate surface area is 146 Å². The van der Waals surface area contributed by atoms with Crippen LogP contribution in [0.3, 0.4) is 0 Å². The second-order valence-electron chi connectivity index (χ2n) is 5.61. The number of rotatable bonds is 7. The van der Waals surface area contributed by atoms with Crippen molar-refractivity contribution in [2.75, 3.05) is 18.9 Å². The number of ether oxygens (including phenoxy) is 1. The fraction of sp³-hybridized carbons (Fsp3) is 0.389. The number of hydrogen-bond acceptors (Lipinski definition) is 4. The van der Waals surface area contributed by atoms with Crippen LogP contribution in [-0.2, 0) is 11.3 Å². The summed E-state index contributed by atoms with van der Waals surface area (Å²) in [6, 6.07) is 12.0. The van der Waals surface area contributed by atoms with Crippen LogP contribution >= 0.6 is 11.8 Å². The van der Waals surface area contributed by atoms with Crippen LogP contribution in [0.15, 0.2) is 52.0 Å². The lowest BCUT2D eigenvalue weighted by molar-refractivity contribution is 0.104. The van der Waals surface area contributed by atoms with E-state index < -0.39 is 0 Å². The van der Waals surface area contributed by atoms with Gasteiger partial charge in [-0.05, 0) is 36.6 Å². The largest absolute Gasteiger partial charge is 0.467 e. The van der Waals surface area contributed by atoms with Gasteiger partial charge in [0, 0.05) is 23.8 Å². The van der Waals surface area contributed by atoms with Crippen LogP contribution in [0.25, 0.3) is 0 Å². The average Bonchev–Trinajstić information content (AvgIpc) is 3.12. The number of furan rings is 1. The van der Waals surface area contributed by atoms with Crippen molar-refractivity contribution in [3.8, 4) is 0 Å². The smallest absolute Gasteiger partial charge is 0.315 e. The molecule has 6 heteroatoms. The van der Waals surface area contributed by atoms with E-state index in [-0.39, 0.29) is 12.1 Å². The highest BCUT2D eigenvalue weighted by Crippen LogP contribution is 2.35. The zero-order valence-corrected chi connectivity index (χ0v) is 14.3. The minimum absolute atomic E-state index is 0.0950. The van der Waals surface area contributed by atoms with Crippen LogP contribution in [0.1, 0.15) is 30.2 Å². The first-order valence-electron chi connectivity index (χ1n) is 8.19. The number of nitrogens with one attached hydrogen (secondary N) is 2. The van der Waals surface area contributed by atoms with Gasteiger partial charge in [-0.25, -0.2) is 4.79 Å². The summed E-state index contributed by atoms with van der Waals surface area (Å²) >= 11 is 1.85. The van der Waals surface area contributed by atoms with Crippen LogP contribution in [0, 0.1) is 0 Å². The maximum atomic E-state index is 12.1. The van der Waals surface area contributed by atoms with Crippen molar-refractivity contribution in [2.45, 2.75) is 30.4 Å². The number of thioether (sulfide) groups is 1. The molecule has 128 valence electrons. The summed E-state index contributed by atoms with van der Waals surface area (Å²) in [5.41, 5.74) is 1.21. The molecule has 0 aliphatic carbocycles. The van der Waals surface area contributed by atoms with E-state index in [4.69, 9.17) is 9.15 Å². The molecule has 2 aromatic rings. The molecule has 0 radical (unpaired) electrons. The molecule has 2 amide bonds. The first kappa shape index (κ1) is 16.9. The summed E-state index contributed by atoms with van der Waals surface area (Å²) in [5, 5.41) is 5.96. The van der Waals surface area contributed by atoms with Crippen molar-refractivity contribution in [2.24, 2.45) is 0 Å². The van der Waals surface area contributed by atoms with E-state index >= 15 is 0 Å². The molecular formula is C18H22N2O3S. The summed E-state index contributed by atoms with van der Waals surface area (Å²) in [6.45, 7) is 1.65. The minimum atomic E-state index is -0.118. The zero-order valence-electron chi connectivity index (χ0n) is 13.5.